The molecule has 0 saturated carbocycles. The SMILES string of the molecule is Cc1ccc(CSc2nnc(NC(=O)c3c(C)noc3-c3ccc(Cl)cc3)s2)cc1. The summed E-state index contributed by atoms with van der Waals surface area (Å²) in [4.78, 5) is 12.9. The molecule has 2 aromatic carbocycles. The molecule has 0 saturated heterocycles. The maximum atomic E-state index is 12.9. The van der Waals surface area contributed by atoms with E-state index in [-0.39, 0.29) is 5.91 Å². The second-order valence-corrected chi connectivity index (χ2v) is 9.22. The lowest BCUT2D eigenvalue weighted by Gasteiger charge is -2.03. The molecule has 2 heterocycles. The Morgan fingerprint density at radius 2 is 1.83 bits per heavy atom. The van der Waals surface area contributed by atoms with Gasteiger partial charge in [-0.2, -0.15) is 0 Å². The van der Waals surface area contributed by atoms with Gasteiger partial charge in [-0.25, -0.2) is 0 Å². The molecule has 1 N–H and O–H groups in total. The number of aryl methyl sites for hydroxylation is 2. The lowest BCUT2D eigenvalue weighted by Crippen LogP contribution is -2.13. The summed E-state index contributed by atoms with van der Waals surface area (Å²) < 4.78 is 6.17. The summed E-state index contributed by atoms with van der Waals surface area (Å²) in [6.07, 6.45) is 0. The first-order valence-electron chi connectivity index (χ1n) is 9.05. The van der Waals surface area contributed by atoms with Crippen LogP contribution < -0.4 is 5.32 Å². The van der Waals surface area contributed by atoms with Gasteiger partial charge in [0.15, 0.2) is 10.1 Å². The van der Waals surface area contributed by atoms with Gasteiger partial charge in [0.2, 0.25) is 5.13 Å². The summed E-state index contributed by atoms with van der Waals surface area (Å²) >= 11 is 8.86. The van der Waals surface area contributed by atoms with Crippen LogP contribution in [0.25, 0.3) is 11.3 Å². The smallest absolute Gasteiger partial charge is 0.263 e. The van der Waals surface area contributed by atoms with E-state index in [9.17, 15) is 4.79 Å². The number of aromatic nitrogens is 3. The summed E-state index contributed by atoms with van der Waals surface area (Å²) in [5.74, 6) is 0.832. The molecule has 6 nitrogen and oxygen atoms in total. The number of halogens is 1. The quantitative estimate of drug-likeness (QED) is 0.282. The number of carbonyl (C=O) groups is 1. The fourth-order valence-electron chi connectivity index (χ4n) is 2.74. The summed E-state index contributed by atoms with van der Waals surface area (Å²) in [7, 11) is 0. The zero-order chi connectivity index (χ0) is 21.1. The first-order chi connectivity index (χ1) is 14.5. The average Bonchev–Trinajstić information content (AvgIpc) is 3.34. The molecule has 0 radical (unpaired) electrons. The number of nitrogens with zero attached hydrogens (tertiary/aromatic N) is 3. The van der Waals surface area contributed by atoms with E-state index in [1.54, 1.807) is 43.0 Å². The molecule has 152 valence electrons. The van der Waals surface area contributed by atoms with E-state index in [4.69, 9.17) is 16.1 Å². The lowest BCUT2D eigenvalue weighted by atomic mass is 10.1. The van der Waals surface area contributed by atoms with E-state index >= 15 is 0 Å². The van der Waals surface area contributed by atoms with Crippen LogP contribution in [0.3, 0.4) is 0 Å². The van der Waals surface area contributed by atoms with Gasteiger partial charge in [-0.05, 0) is 43.7 Å². The minimum Gasteiger partial charge on any atom is -0.355 e. The van der Waals surface area contributed by atoms with Crippen LogP contribution in [0.4, 0.5) is 5.13 Å². The Kier molecular flexibility index (Phi) is 6.17. The summed E-state index contributed by atoms with van der Waals surface area (Å²) in [5.41, 5.74) is 4.01. The monoisotopic (exact) mass is 456 g/mol. The van der Waals surface area contributed by atoms with Crippen LogP contribution in [0.15, 0.2) is 57.4 Å². The van der Waals surface area contributed by atoms with Crippen molar-refractivity contribution in [3.8, 4) is 11.3 Å². The van der Waals surface area contributed by atoms with Crippen molar-refractivity contribution in [3.63, 3.8) is 0 Å². The highest BCUT2D eigenvalue weighted by molar-refractivity contribution is 8.00. The second-order valence-electron chi connectivity index (χ2n) is 6.58. The Bertz CT molecular complexity index is 1170. The predicted molar refractivity (Wildman–Crippen MR) is 120 cm³/mol. The standard InChI is InChI=1S/C21H17ClN4O2S2/c1-12-3-5-14(6-4-12)11-29-21-25-24-20(30-21)23-19(27)17-13(2)26-28-18(17)15-7-9-16(22)10-8-15/h3-10H,11H2,1-2H3,(H,23,24,27). The summed E-state index contributed by atoms with van der Waals surface area (Å²) in [6.45, 7) is 3.78. The number of nitrogens with one attached hydrogen (secondary N) is 1. The molecular weight excluding hydrogens is 440 g/mol. The van der Waals surface area contributed by atoms with Gasteiger partial charge < -0.3 is 4.52 Å². The molecule has 0 fully saturated rings. The van der Waals surface area contributed by atoms with Crippen molar-refractivity contribution in [3.05, 3.63) is 75.9 Å². The van der Waals surface area contributed by atoms with Gasteiger partial charge in [0.05, 0.1) is 5.69 Å². The van der Waals surface area contributed by atoms with E-state index in [1.165, 1.54) is 22.5 Å². The third-order valence-electron chi connectivity index (χ3n) is 4.31. The number of hydrogen-bond acceptors (Lipinski definition) is 7. The molecule has 30 heavy (non-hydrogen) atoms. The van der Waals surface area contributed by atoms with Gasteiger partial charge in [0.1, 0.15) is 5.56 Å². The van der Waals surface area contributed by atoms with Crippen LogP contribution in [0, 0.1) is 13.8 Å². The van der Waals surface area contributed by atoms with E-state index < -0.39 is 0 Å². The fourth-order valence-corrected chi connectivity index (χ4v) is 4.57. The molecule has 1 amide bonds. The number of hydrogen-bond donors (Lipinski definition) is 1. The van der Waals surface area contributed by atoms with Crippen molar-refractivity contribution in [2.75, 3.05) is 5.32 Å². The molecule has 0 aliphatic heterocycles. The normalized spacial score (nSPS) is 10.9. The van der Waals surface area contributed by atoms with Gasteiger partial charge in [0, 0.05) is 16.3 Å². The number of carbonyl (C=O) groups excluding carboxylic acids is 1. The number of benzene rings is 2. The second kappa shape index (κ2) is 8.99. The number of rotatable bonds is 6. The average molecular weight is 457 g/mol. The summed E-state index contributed by atoms with van der Waals surface area (Å²) in [5, 5.41) is 16.0. The van der Waals surface area contributed by atoms with Gasteiger partial charge in [-0.3, -0.25) is 10.1 Å². The van der Waals surface area contributed by atoms with Crippen LogP contribution in [0.5, 0.6) is 0 Å². The first kappa shape index (κ1) is 20.6. The van der Waals surface area contributed by atoms with Crippen molar-refractivity contribution < 1.29 is 9.32 Å². The van der Waals surface area contributed by atoms with Crippen LogP contribution in [0.2, 0.25) is 5.02 Å². The molecule has 4 rings (SSSR count). The largest absolute Gasteiger partial charge is 0.355 e. The molecule has 0 aliphatic carbocycles. The van der Waals surface area contributed by atoms with Gasteiger partial charge >= 0.3 is 0 Å². The zero-order valence-corrected chi connectivity index (χ0v) is 18.6. The Balaban J connectivity index is 1.45. The van der Waals surface area contributed by atoms with Crippen molar-refractivity contribution in [2.45, 2.75) is 23.9 Å². The molecule has 0 aliphatic rings. The van der Waals surface area contributed by atoms with Gasteiger partial charge in [0.25, 0.3) is 5.91 Å². The number of thioether (sulfide) groups is 1. The van der Waals surface area contributed by atoms with E-state index in [1.807, 2.05) is 0 Å². The van der Waals surface area contributed by atoms with Crippen LogP contribution in [0.1, 0.15) is 27.2 Å². The number of anilines is 1. The van der Waals surface area contributed by atoms with E-state index in [0.717, 1.165) is 15.7 Å². The molecule has 0 bridgehead atoms. The highest BCUT2D eigenvalue weighted by Crippen LogP contribution is 2.31. The van der Waals surface area contributed by atoms with Gasteiger partial charge in [-0.1, -0.05) is 69.7 Å². The van der Waals surface area contributed by atoms with Crippen LogP contribution in [-0.4, -0.2) is 21.3 Å². The maximum Gasteiger partial charge on any atom is 0.263 e. The van der Waals surface area contributed by atoms with E-state index in [2.05, 4.69) is 51.9 Å². The molecule has 4 aromatic rings. The Morgan fingerprint density at radius 3 is 2.57 bits per heavy atom. The van der Waals surface area contributed by atoms with Crippen molar-refractivity contribution in [1.82, 2.24) is 15.4 Å². The molecule has 0 atom stereocenters. The summed E-state index contributed by atoms with van der Waals surface area (Å²) in [6, 6.07) is 15.4. The Labute approximate surface area is 186 Å². The Morgan fingerprint density at radius 1 is 1.10 bits per heavy atom. The number of amides is 1. The third-order valence-corrected chi connectivity index (χ3v) is 6.60. The molecule has 0 spiro atoms. The molecule has 9 heteroatoms. The molecular formula is C21H17ClN4O2S2. The zero-order valence-electron chi connectivity index (χ0n) is 16.2. The minimum absolute atomic E-state index is 0.343. The van der Waals surface area contributed by atoms with Crippen molar-refractivity contribution >= 4 is 45.7 Å². The lowest BCUT2D eigenvalue weighted by molar-refractivity contribution is 0.102. The minimum atomic E-state index is -0.343. The highest BCUT2D eigenvalue weighted by Gasteiger charge is 2.23. The Hall–Kier alpha value is -2.68. The van der Waals surface area contributed by atoms with Crippen LogP contribution >= 0.6 is 34.7 Å². The topological polar surface area (TPSA) is 80.9 Å². The van der Waals surface area contributed by atoms with Crippen molar-refractivity contribution in [1.29, 1.82) is 0 Å². The third kappa shape index (κ3) is 4.72. The maximum absolute atomic E-state index is 12.9. The van der Waals surface area contributed by atoms with Crippen LogP contribution in [-0.2, 0) is 5.75 Å². The van der Waals surface area contributed by atoms with Crippen molar-refractivity contribution in [2.24, 2.45) is 0 Å². The molecule has 2 aromatic heterocycles. The fraction of sp³-hybridized carbons (Fsp3) is 0.143. The predicted octanol–water partition coefficient (Wildman–Crippen LogP) is 6.01. The highest BCUT2D eigenvalue weighted by atomic mass is 35.5. The first-order valence-corrected chi connectivity index (χ1v) is 11.2. The molecule has 0 unspecified atom stereocenters. The van der Waals surface area contributed by atoms with Gasteiger partial charge in [-0.15, -0.1) is 10.2 Å². The van der Waals surface area contributed by atoms with E-state index in [0.29, 0.717) is 27.2 Å².